The number of aryl methyl sites for hydroxylation is 1. The van der Waals surface area contributed by atoms with E-state index >= 15 is 0 Å². The SMILES string of the molecule is CCCOc1nc(NC)nc(N(C)Cc2scnc2C)n1. The van der Waals surface area contributed by atoms with Gasteiger partial charge in [0.1, 0.15) is 0 Å². The second-order valence-corrected chi connectivity index (χ2v) is 5.50. The highest BCUT2D eigenvalue weighted by Crippen LogP contribution is 2.19. The molecule has 1 N–H and O–H groups in total. The maximum atomic E-state index is 5.51. The van der Waals surface area contributed by atoms with Gasteiger partial charge in [0.15, 0.2) is 0 Å². The number of hydrogen-bond acceptors (Lipinski definition) is 8. The fourth-order valence-electron chi connectivity index (χ4n) is 1.65. The van der Waals surface area contributed by atoms with E-state index in [1.54, 1.807) is 18.4 Å². The van der Waals surface area contributed by atoms with Crippen LogP contribution in [0, 0.1) is 6.92 Å². The summed E-state index contributed by atoms with van der Waals surface area (Å²) in [6, 6.07) is 0.346. The van der Waals surface area contributed by atoms with Gasteiger partial charge in [-0.15, -0.1) is 11.3 Å². The minimum Gasteiger partial charge on any atom is -0.463 e. The summed E-state index contributed by atoms with van der Waals surface area (Å²) in [4.78, 5) is 20.3. The Balaban J connectivity index is 2.18. The fourth-order valence-corrected chi connectivity index (χ4v) is 2.48. The molecule has 0 radical (unpaired) electrons. The first-order valence-electron chi connectivity index (χ1n) is 6.80. The van der Waals surface area contributed by atoms with Crippen LogP contribution < -0.4 is 15.0 Å². The van der Waals surface area contributed by atoms with Crippen LogP contribution in [0.1, 0.15) is 23.9 Å². The number of hydrogen-bond donors (Lipinski definition) is 1. The second kappa shape index (κ2) is 7.16. The smallest absolute Gasteiger partial charge is 0.323 e. The average molecular weight is 308 g/mol. The molecule has 0 aromatic carbocycles. The van der Waals surface area contributed by atoms with Gasteiger partial charge in [-0.05, 0) is 13.3 Å². The molecule has 0 atom stereocenters. The number of ether oxygens (including phenoxy) is 1. The molecule has 0 bridgehead atoms. The van der Waals surface area contributed by atoms with Crippen LogP contribution in [0.4, 0.5) is 11.9 Å². The van der Waals surface area contributed by atoms with Gasteiger partial charge in [-0.1, -0.05) is 6.92 Å². The minimum atomic E-state index is 0.346. The third kappa shape index (κ3) is 4.01. The Labute approximate surface area is 128 Å². The summed E-state index contributed by atoms with van der Waals surface area (Å²) in [5.41, 5.74) is 2.89. The van der Waals surface area contributed by atoms with Crippen LogP contribution in [-0.4, -0.2) is 40.6 Å². The molecule has 2 aromatic heterocycles. The van der Waals surface area contributed by atoms with E-state index in [1.165, 1.54) is 4.88 Å². The molecule has 21 heavy (non-hydrogen) atoms. The van der Waals surface area contributed by atoms with E-state index in [9.17, 15) is 0 Å². The van der Waals surface area contributed by atoms with Crippen LogP contribution in [0.15, 0.2) is 5.51 Å². The summed E-state index contributed by atoms with van der Waals surface area (Å²) in [6.07, 6.45) is 0.909. The summed E-state index contributed by atoms with van der Waals surface area (Å²) in [5, 5.41) is 2.93. The highest BCUT2D eigenvalue weighted by atomic mass is 32.1. The van der Waals surface area contributed by atoms with Crippen LogP contribution in [0.2, 0.25) is 0 Å². The molecule has 2 rings (SSSR count). The van der Waals surface area contributed by atoms with Gasteiger partial charge in [-0.3, -0.25) is 0 Å². The Morgan fingerprint density at radius 3 is 2.76 bits per heavy atom. The Bertz CT molecular complexity index is 588. The number of nitrogens with one attached hydrogen (secondary N) is 1. The molecule has 0 aliphatic carbocycles. The van der Waals surface area contributed by atoms with Crippen LogP contribution in [0.5, 0.6) is 6.01 Å². The van der Waals surface area contributed by atoms with Crippen molar-refractivity contribution in [2.45, 2.75) is 26.8 Å². The maximum Gasteiger partial charge on any atom is 0.323 e. The maximum absolute atomic E-state index is 5.51. The first kappa shape index (κ1) is 15.4. The Morgan fingerprint density at radius 2 is 2.14 bits per heavy atom. The molecule has 0 amide bonds. The molecule has 0 unspecified atom stereocenters. The summed E-state index contributed by atoms with van der Waals surface area (Å²) in [7, 11) is 3.72. The lowest BCUT2D eigenvalue weighted by molar-refractivity contribution is 0.292. The zero-order valence-corrected chi connectivity index (χ0v) is 13.6. The Morgan fingerprint density at radius 1 is 1.33 bits per heavy atom. The zero-order valence-electron chi connectivity index (χ0n) is 12.8. The van der Waals surface area contributed by atoms with Crippen LogP contribution in [0.25, 0.3) is 0 Å². The zero-order chi connectivity index (χ0) is 15.2. The lowest BCUT2D eigenvalue weighted by Crippen LogP contribution is -2.20. The fraction of sp³-hybridized carbons (Fsp3) is 0.538. The summed E-state index contributed by atoms with van der Waals surface area (Å²) in [6.45, 7) is 5.34. The first-order chi connectivity index (χ1) is 10.1. The van der Waals surface area contributed by atoms with E-state index in [4.69, 9.17) is 4.74 Å². The normalized spacial score (nSPS) is 10.5. The first-order valence-corrected chi connectivity index (χ1v) is 7.68. The molecule has 0 fully saturated rings. The van der Waals surface area contributed by atoms with Gasteiger partial charge in [0.25, 0.3) is 0 Å². The quantitative estimate of drug-likeness (QED) is 0.839. The Kier molecular flexibility index (Phi) is 5.26. The molecule has 0 spiro atoms. The van der Waals surface area contributed by atoms with Crippen molar-refractivity contribution in [1.82, 2.24) is 19.9 Å². The van der Waals surface area contributed by atoms with E-state index in [-0.39, 0.29) is 0 Å². The molecule has 7 nitrogen and oxygen atoms in total. The van der Waals surface area contributed by atoms with Crippen molar-refractivity contribution in [2.24, 2.45) is 0 Å². The Hall–Kier alpha value is -1.96. The summed E-state index contributed by atoms with van der Waals surface area (Å²) >= 11 is 1.63. The molecular formula is C13H20N6OS. The molecule has 2 heterocycles. The molecule has 114 valence electrons. The van der Waals surface area contributed by atoms with Crippen molar-refractivity contribution in [3.8, 4) is 6.01 Å². The highest BCUT2D eigenvalue weighted by Gasteiger charge is 2.13. The summed E-state index contributed by atoms with van der Waals surface area (Å²) in [5.74, 6) is 1.08. The van der Waals surface area contributed by atoms with Gasteiger partial charge in [-0.2, -0.15) is 15.0 Å². The number of thiazole rings is 1. The largest absolute Gasteiger partial charge is 0.463 e. The van der Waals surface area contributed by atoms with Crippen molar-refractivity contribution in [3.05, 3.63) is 16.1 Å². The van der Waals surface area contributed by atoms with Gasteiger partial charge in [0.05, 0.1) is 24.4 Å². The van der Waals surface area contributed by atoms with E-state index < -0.39 is 0 Å². The third-order valence-corrected chi connectivity index (χ3v) is 3.75. The summed E-state index contributed by atoms with van der Waals surface area (Å²) < 4.78 is 5.51. The van der Waals surface area contributed by atoms with Gasteiger partial charge >= 0.3 is 6.01 Å². The van der Waals surface area contributed by atoms with E-state index in [0.717, 1.165) is 12.1 Å². The van der Waals surface area contributed by atoms with Crippen LogP contribution >= 0.6 is 11.3 Å². The lowest BCUT2D eigenvalue weighted by Gasteiger charge is -2.17. The van der Waals surface area contributed by atoms with Gasteiger partial charge in [-0.25, -0.2) is 4.98 Å². The predicted molar refractivity (Wildman–Crippen MR) is 84.1 cm³/mol. The van der Waals surface area contributed by atoms with Crippen molar-refractivity contribution >= 4 is 23.2 Å². The monoisotopic (exact) mass is 308 g/mol. The van der Waals surface area contributed by atoms with Crippen molar-refractivity contribution in [3.63, 3.8) is 0 Å². The topological polar surface area (TPSA) is 76.1 Å². The van der Waals surface area contributed by atoms with E-state index in [1.807, 2.05) is 31.3 Å². The van der Waals surface area contributed by atoms with E-state index in [2.05, 4.69) is 25.3 Å². The average Bonchev–Trinajstić information content (AvgIpc) is 2.90. The van der Waals surface area contributed by atoms with Crippen molar-refractivity contribution < 1.29 is 4.74 Å². The molecule has 0 saturated carbocycles. The molecule has 8 heteroatoms. The van der Waals surface area contributed by atoms with Gasteiger partial charge in [0.2, 0.25) is 11.9 Å². The van der Waals surface area contributed by atoms with Crippen LogP contribution in [-0.2, 0) is 6.54 Å². The molecule has 0 aliphatic heterocycles. The van der Waals surface area contributed by atoms with Gasteiger partial charge < -0.3 is 15.0 Å². The van der Waals surface area contributed by atoms with Gasteiger partial charge in [0, 0.05) is 19.0 Å². The standard InChI is InChI=1S/C13H20N6OS/c1-5-6-20-13-17-11(14-3)16-12(18-13)19(4)7-10-9(2)15-8-21-10/h8H,5-7H2,1-4H3,(H,14,16,17,18). The highest BCUT2D eigenvalue weighted by molar-refractivity contribution is 7.09. The lowest BCUT2D eigenvalue weighted by atomic mass is 10.4. The third-order valence-electron chi connectivity index (χ3n) is 2.83. The number of rotatable bonds is 7. The molecule has 2 aromatic rings. The molecular weight excluding hydrogens is 288 g/mol. The number of aromatic nitrogens is 4. The van der Waals surface area contributed by atoms with Crippen molar-refractivity contribution in [2.75, 3.05) is 30.9 Å². The van der Waals surface area contributed by atoms with Crippen LogP contribution in [0.3, 0.4) is 0 Å². The predicted octanol–water partition coefficient (Wildman–Crippen LogP) is 2.10. The number of anilines is 2. The molecule has 0 saturated heterocycles. The van der Waals surface area contributed by atoms with Crippen molar-refractivity contribution in [1.29, 1.82) is 0 Å². The molecule has 0 aliphatic rings. The van der Waals surface area contributed by atoms with E-state index in [0.29, 0.717) is 31.1 Å². The minimum absolute atomic E-state index is 0.346. The second-order valence-electron chi connectivity index (χ2n) is 4.56. The number of nitrogens with zero attached hydrogens (tertiary/aromatic N) is 5.